The lowest BCUT2D eigenvalue weighted by molar-refractivity contribution is -0.790. The van der Waals surface area contributed by atoms with Crippen molar-refractivity contribution in [3.05, 3.63) is 124 Å². The summed E-state index contributed by atoms with van der Waals surface area (Å²) in [5.41, 5.74) is 21.4. The Labute approximate surface area is 307 Å². The van der Waals surface area contributed by atoms with Gasteiger partial charge in [-0.15, -0.1) is 9.15 Å². The number of aliphatic imine (C=N–C) groups is 2. The van der Waals surface area contributed by atoms with Crippen LogP contribution < -0.4 is 11.0 Å². The third kappa shape index (κ3) is 2.85. The van der Waals surface area contributed by atoms with Gasteiger partial charge in [0.1, 0.15) is 0 Å². The molecule has 6 aromatic rings. The van der Waals surface area contributed by atoms with E-state index in [4.69, 9.17) is 20.0 Å². The Morgan fingerprint density at radius 1 is 0.396 bits per heavy atom. The molecule has 0 N–H and O–H groups in total. The highest BCUT2D eigenvalue weighted by Crippen LogP contribution is 2.55. The summed E-state index contributed by atoms with van der Waals surface area (Å²) in [5.74, 6) is 4.66. The summed E-state index contributed by atoms with van der Waals surface area (Å²) in [6.07, 6.45) is 0. The van der Waals surface area contributed by atoms with Crippen LogP contribution in [-0.2, 0) is 5.91 Å². The van der Waals surface area contributed by atoms with Crippen LogP contribution in [0.4, 0.5) is 11.6 Å². The molecule has 0 radical (unpaired) electrons. The van der Waals surface area contributed by atoms with Crippen molar-refractivity contribution in [1.29, 1.82) is 0 Å². The molecule has 6 aliphatic rings. The van der Waals surface area contributed by atoms with E-state index in [2.05, 4.69) is 126 Å². The molecule has 4 aromatic carbocycles. The van der Waals surface area contributed by atoms with Crippen molar-refractivity contribution in [1.82, 2.24) is 9.13 Å². The molecule has 258 valence electrons. The minimum atomic E-state index is -1.01. The molecule has 1 spiro atoms. The summed E-state index contributed by atoms with van der Waals surface area (Å²) in [5, 5.41) is 4.68. The van der Waals surface area contributed by atoms with Crippen molar-refractivity contribution in [2.75, 3.05) is 0 Å². The minimum absolute atomic E-state index is 0.942. The van der Waals surface area contributed by atoms with Gasteiger partial charge in [0.05, 0.1) is 43.8 Å². The summed E-state index contributed by atoms with van der Waals surface area (Å²) in [6, 6.07) is 9.29. The second-order valence-electron chi connectivity index (χ2n) is 16.5. The smallest absolute Gasteiger partial charge is 0.192 e. The van der Waals surface area contributed by atoms with Gasteiger partial charge in [-0.1, -0.05) is 44.2 Å². The van der Waals surface area contributed by atoms with Gasteiger partial charge >= 0.3 is 5.91 Å². The number of fused-ring (bicyclic) bond motifs is 12. The molecule has 1 unspecified atom stereocenters. The van der Waals surface area contributed by atoms with Crippen molar-refractivity contribution in [3.8, 4) is 0 Å². The first-order chi connectivity index (χ1) is 25.3. The maximum absolute atomic E-state index is 5.80. The van der Waals surface area contributed by atoms with Gasteiger partial charge in [-0.2, -0.15) is 9.13 Å². The second-order valence-corrected chi connectivity index (χ2v) is 16.5. The molecule has 6 aliphatic heterocycles. The molecule has 0 fully saturated rings. The highest BCUT2D eigenvalue weighted by atomic mass is 15.7. The van der Waals surface area contributed by atoms with Crippen LogP contribution in [0.25, 0.3) is 21.5 Å². The van der Waals surface area contributed by atoms with Crippen LogP contribution in [-0.4, -0.2) is 41.6 Å². The fraction of sp³-hybridized carbons (Fsp3) is 0.289. The van der Waals surface area contributed by atoms with E-state index in [1.165, 1.54) is 111 Å². The predicted octanol–water partition coefficient (Wildman–Crippen LogP) is 7.41. The van der Waals surface area contributed by atoms with Gasteiger partial charge in [0.15, 0.2) is 0 Å². The molecule has 0 saturated heterocycles. The SMILES string of the molecule is Cc1cc(C)c2c(c1C)C1=Nc3c4c(C)c(C)cc(C)c4c4n3C35n6c(c7c(C)cc(C)c(C)c7c6=NC6=[N+]3C(=N4)c3c(C)c(C)cc(C)c36)=NC2=[N+]15. The molecule has 8 heterocycles. The topological polar surface area (TPSA) is 65.3 Å². The summed E-state index contributed by atoms with van der Waals surface area (Å²) >= 11 is 0. The molecule has 0 amide bonds. The van der Waals surface area contributed by atoms with E-state index < -0.39 is 5.91 Å². The van der Waals surface area contributed by atoms with E-state index in [1.54, 1.807) is 0 Å². The lowest BCUT2D eigenvalue weighted by Gasteiger charge is -2.40. The van der Waals surface area contributed by atoms with E-state index in [0.29, 0.717) is 0 Å². The van der Waals surface area contributed by atoms with E-state index in [1.807, 2.05) is 0 Å². The molecular weight excluding hydrogens is 653 g/mol. The van der Waals surface area contributed by atoms with Gasteiger partial charge in [-0.25, -0.2) is 0 Å². The number of aryl methyl sites for hydroxylation is 10. The highest BCUT2D eigenvalue weighted by molar-refractivity contribution is 6.22. The zero-order valence-electron chi connectivity index (χ0n) is 32.4. The van der Waals surface area contributed by atoms with Gasteiger partial charge in [0.25, 0.3) is 23.3 Å². The van der Waals surface area contributed by atoms with Gasteiger partial charge in [-0.3, -0.25) is 0 Å². The number of benzene rings is 4. The number of rotatable bonds is 0. The van der Waals surface area contributed by atoms with E-state index >= 15 is 0 Å². The number of amidine groups is 4. The molecule has 12 rings (SSSR count). The molecule has 0 saturated carbocycles. The van der Waals surface area contributed by atoms with Gasteiger partial charge < -0.3 is 0 Å². The fourth-order valence-corrected chi connectivity index (χ4v) is 10.9. The lowest BCUT2D eigenvalue weighted by atomic mass is 9.93. The Kier molecular flexibility index (Phi) is 4.89. The Bertz CT molecular complexity index is 3280. The molecule has 8 nitrogen and oxygen atoms in total. The lowest BCUT2D eigenvalue weighted by Crippen LogP contribution is -2.71. The maximum Gasteiger partial charge on any atom is 0.404 e. The number of hydrogen-bond donors (Lipinski definition) is 0. The van der Waals surface area contributed by atoms with Crippen molar-refractivity contribution in [3.63, 3.8) is 0 Å². The highest BCUT2D eigenvalue weighted by Gasteiger charge is 2.70. The zero-order valence-corrected chi connectivity index (χ0v) is 32.4. The number of aromatic nitrogens is 2. The molecule has 53 heavy (non-hydrogen) atoms. The van der Waals surface area contributed by atoms with Crippen molar-refractivity contribution in [2.24, 2.45) is 20.0 Å². The summed E-state index contributed by atoms with van der Waals surface area (Å²) in [7, 11) is 0. The Morgan fingerprint density at radius 2 is 0.811 bits per heavy atom. The largest absolute Gasteiger partial charge is 0.404 e. The zero-order chi connectivity index (χ0) is 36.6. The average Bonchev–Trinajstić information content (AvgIpc) is 3.83. The monoisotopic (exact) mass is 692 g/mol. The molecule has 1 atom stereocenters. The Hall–Kier alpha value is -5.76. The van der Waals surface area contributed by atoms with Crippen molar-refractivity contribution in [2.45, 2.75) is 89.0 Å². The van der Waals surface area contributed by atoms with E-state index in [0.717, 1.165) is 46.0 Å². The third-order valence-electron chi connectivity index (χ3n) is 13.7. The normalized spacial score (nSPS) is 19.0. The first-order valence-electron chi connectivity index (χ1n) is 18.8. The van der Waals surface area contributed by atoms with Gasteiger partial charge in [0, 0.05) is 0 Å². The molecule has 0 aliphatic carbocycles. The van der Waals surface area contributed by atoms with Crippen LogP contribution in [0.5, 0.6) is 0 Å². The van der Waals surface area contributed by atoms with Crippen LogP contribution in [0.15, 0.2) is 44.2 Å². The third-order valence-corrected chi connectivity index (χ3v) is 13.7. The molecule has 8 heteroatoms. The number of hydrogen-bond acceptors (Lipinski definition) is 4. The van der Waals surface area contributed by atoms with Crippen LogP contribution in [0, 0.1) is 83.1 Å². The van der Waals surface area contributed by atoms with Crippen LogP contribution in [0.2, 0.25) is 0 Å². The molecule has 0 bridgehead atoms. The average molecular weight is 693 g/mol. The second kappa shape index (κ2) is 8.71. The van der Waals surface area contributed by atoms with Gasteiger partial charge in [-0.05, 0) is 150 Å². The van der Waals surface area contributed by atoms with Crippen molar-refractivity contribution >= 4 is 56.5 Å². The number of nitrogens with zero attached hydrogens (tertiary/aromatic N) is 8. The fourth-order valence-electron chi connectivity index (χ4n) is 10.9. The predicted molar refractivity (Wildman–Crippen MR) is 210 cm³/mol. The summed E-state index contributed by atoms with van der Waals surface area (Å²) in [6.45, 7) is 26.9. The minimum Gasteiger partial charge on any atom is -0.192 e. The van der Waals surface area contributed by atoms with Crippen LogP contribution in [0.3, 0.4) is 0 Å². The van der Waals surface area contributed by atoms with Crippen LogP contribution >= 0.6 is 0 Å². The van der Waals surface area contributed by atoms with E-state index in [9.17, 15) is 0 Å². The van der Waals surface area contributed by atoms with E-state index in [-0.39, 0.29) is 0 Å². The summed E-state index contributed by atoms with van der Waals surface area (Å²) < 4.78 is 9.85. The first-order valence-corrected chi connectivity index (χ1v) is 18.8. The Morgan fingerprint density at radius 3 is 1.34 bits per heavy atom. The Balaban J connectivity index is 1.46. The summed E-state index contributed by atoms with van der Waals surface area (Å²) in [4.78, 5) is 23.2. The van der Waals surface area contributed by atoms with Crippen LogP contribution in [0.1, 0.15) is 89.0 Å². The first kappa shape index (κ1) is 29.8. The quantitative estimate of drug-likeness (QED) is 0.149. The maximum atomic E-state index is 5.80. The van der Waals surface area contributed by atoms with Crippen molar-refractivity contribution < 1.29 is 9.15 Å². The van der Waals surface area contributed by atoms with Gasteiger partial charge in [0.2, 0.25) is 22.6 Å². The molecule has 2 aromatic heterocycles. The molecular formula is C45H40N8+2. The standard InChI is InChI=1S/C45H40N8/c1-17-13-21(5)29-33(25(17)9)41-47-39-31-23(7)15-18(2)26(10)34(31)42-48-40-32-24(8)16-20(4)28(12)36(32)44-49-43-35-27(11)19(3)14-22(6)30(35)38-46-37(29)50(41)45(51(38)43,52(39)42)53(40)44/h13-16H,1-12H3/q+2.